The molecule has 0 aliphatic carbocycles. The predicted octanol–water partition coefficient (Wildman–Crippen LogP) is 7.04. The maximum atomic E-state index is 7.78. The molecule has 0 saturated carbocycles. The number of hydrogen-bond donors (Lipinski definition) is 0. The fourth-order valence-corrected chi connectivity index (χ4v) is 3.73. The van der Waals surface area contributed by atoms with Crippen molar-refractivity contribution in [1.29, 1.82) is 0 Å². The third-order valence-electron chi connectivity index (χ3n) is 4.32. The molecule has 1 nitrogen and oxygen atoms in total. The summed E-state index contributed by atoms with van der Waals surface area (Å²) < 4.78 is 0. The minimum absolute atomic E-state index is 0.393. The van der Waals surface area contributed by atoms with Crippen molar-refractivity contribution in [3.63, 3.8) is 0 Å². The van der Waals surface area contributed by atoms with Crippen molar-refractivity contribution in [2.24, 2.45) is 0 Å². The van der Waals surface area contributed by atoms with E-state index in [1.807, 2.05) is 0 Å². The zero-order valence-corrected chi connectivity index (χ0v) is 15.3. The first kappa shape index (κ1) is 17.8. The van der Waals surface area contributed by atoms with Crippen molar-refractivity contribution < 1.29 is 0 Å². The van der Waals surface area contributed by atoms with Gasteiger partial charge in [-0.25, -0.2) is 4.85 Å². The SMILES string of the molecule is [C-]#[N+]c1c(C(C)C)c(C(C)C)c(C)c(C(C)C)c1C(C)C. The van der Waals surface area contributed by atoms with Gasteiger partial charge < -0.3 is 0 Å². The third kappa shape index (κ3) is 3.15. The zero-order valence-electron chi connectivity index (χ0n) is 15.3. The maximum absolute atomic E-state index is 7.78. The molecule has 0 aliphatic heterocycles. The lowest BCUT2D eigenvalue weighted by atomic mass is 9.76. The van der Waals surface area contributed by atoms with Gasteiger partial charge in [0.05, 0.1) is 6.57 Å². The van der Waals surface area contributed by atoms with Crippen LogP contribution in [0.25, 0.3) is 4.85 Å². The monoisotopic (exact) mass is 285 g/mol. The first-order chi connectivity index (χ1) is 9.64. The smallest absolute Gasteiger partial charge is 0.194 e. The van der Waals surface area contributed by atoms with Crippen LogP contribution in [0.4, 0.5) is 5.69 Å². The van der Waals surface area contributed by atoms with Gasteiger partial charge in [-0.05, 0) is 58.4 Å². The van der Waals surface area contributed by atoms with E-state index in [1.165, 1.54) is 27.8 Å². The lowest BCUT2D eigenvalue weighted by Gasteiger charge is -2.29. The minimum atomic E-state index is 0.393. The topological polar surface area (TPSA) is 4.36 Å². The van der Waals surface area contributed by atoms with Gasteiger partial charge in [-0.3, -0.25) is 0 Å². The Labute approximate surface area is 131 Å². The number of nitrogens with zero attached hydrogens (tertiary/aromatic N) is 1. The average molecular weight is 285 g/mol. The molecule has 1 rings (SSSR count). The quantitative estimate of drug-likeness (QED) is 0.522. The molecule has 21 heavy (non-hydrogen) atoms. The van der Waals surface area contributed by atoms with E-state index < -0.39 is 0 Å². The van der Waals surface area contributed by atoms with Crippen LogP contribution in [0.2, 0.25) is 0 Å². The van der Waals surface area contributed by atoms with Gasteiger partial charge in [-0.2, -0.15) is 0 Å². The van der Waals surface area contributed by atoms with Crippen molar-refractivity contribution >= 4 is 5.69 Å². The summed E-state index contributed by atoms with van der Waals surface area (Å²) in [6.07, 6.45) is 0. The molecule has 1 aromatic carbocycles. The van der Waals surface area contributed by atoms with Crippen LogP contribution in [-0.4, -0.2) is 0 Å². The van der Waals surface area contributed by atoms with Gasteiger partial charge in [0.25, 0.3) is 0 Å². The van der Waals surface area contributed by atoms with E-state index >= 15 is 0 Å². The Morgan fingerprint density at radius 1 is 0.619 bits per heavy atom. The summed E-state index contributed by atoms with van der Waals surface area (Å²) in [5, 5.41) is 0. The van der Waals surface area contributed by atoms with Crippen LogP contribution >= 0.6 is 0 Å². The highest BCUT2D eigenvalue weighted by Crippen LogP contribution is 2.46. The highest BCUT2D eigenvalue weighted by molar-refractivity contribution is 5.70. The van der Waals surface area contributed by atoms with E-state index in [4.69, 9.17) is 6.57 Å². The van der Waals surface area contributed by atoms with Crippen molar-refractivity contribution in [3.8, 4) is 0 Å². The molecule has 0 bridgehead atoms. The minimum Gasteiger partial charge on any atom is -0.238 e. The fourth-order valence-electron chi connectivity index (χ4n) is 3.73. The van der Waals surface area contributed by atoms with E-state index in [1.54, 1.807) is 0 Å². The fraction of sp³-hybridized carbons (Fsp3) is 0.650. The molecule has 0 radical (unpaired) electrons. The number of hydrogen-bond acceptors (Lipinski definition) is 0. The Hall–Kier alpha value is -1.29. The van der Waals surface area contributed by atoms with Gasteiger partial charge in [0, 0.05) is 0 Å². The second-order valence-corrected chi connectivity index (χ2v) is 7.36. The van der Waals surface area contributed by atoms with Gasteiger partial charge in [-0.15, -0.1) is 0 Å². The molecular weight excluding hydrogens is 254 g/mol. The lowest BCUT2D eigenvalue weighted by molar-refractivity contribution is 0.742. The van der Waals surface area contributed by atoms with Crippen LogP contribution in [0.5, 0.6) is 0 Å². The van der Waals surface area contributed by atoms with Gasteiger partial charge in [0.2, 0.25) is 0 Å². The van der Waals surface area contributed by atoms with Crippen LogP contribution in [0.15, 0.2) is 0 Å². The van der Waals surface area contributed by atoms with E-state index in [9.17, 15) is 0 Å². The van der Waals surface area contributed by atoms with Crippen molar-refractivity contribution in [1.82, 2.24) is 0 Å². The van der Waals surface area contributed by atoms with Crippen LogP contribution in [0.1, 0.15) is 107 Å². The van der Waals surface area contributed by atoms with Gasteiger partial charge in [0.1, 0.15) is 0 Å². The standard InChI is InChI=1S/C20H31N/c1-11(2)16-15(9)17(12(3)4)19(14(7)8)20(21-10)18(16)13(5)6/h11-14H,1-9H3. The first-order valence-electron chi connectivity index (χ1n) is 8.22. The summed E-state index contributed by atoms with van der Waals surface area (Å²) in [5.41, 5.74) is 7.72. The predicted molar refractivity (Wildman–Crippen MR) is 93.8 cm³/mol. The Morgan fingerprint density at radius 2 is 0.905 bits per heavy atom. The normalized spacial score (nSPS) is 11.8. The molecule has 0 aromatic heterocycles. The second-order valence-electron chi connectivity index (χ2n) is 7.36. The molecule has 0 spiro atoms. The van der Waals surface area contributed by atoms with Crippen molar-refractivity contribution in [2.75, 3.05) is 0 Å². The van der Waals surface area contributed by atoms with Gasteiger partial charge in [0.15, 0.2) is 5.69 Å². The Bertz CT molecular complexity index is 513. The summed E-state index contributed by atoms with van der Waals surface area (Å²) >= 11 is 0. The van der Waals surface area contributed by atoms with Crippen molar-refractivity contribution in [3.05, 3.63) is 39.2 Å². The summed E-state index contributed by atoms with van der Waals surface area (Å²) in [4.78, 5) is 3.99. The summed E-state index contributed by atoms with van der Waals surface area (Å²) in [6.45, 7) is 27.9. The second kappa shape index (κ2) is 6.65. The van der Waals surface area contributed by atoms with E-state index in [0.29, 0.717) is 23.7 Å². The average Bonchev–Trinajstić information content (AvgIpc) is 2.35. The molecule has 0 atom stereocenters. The van der Waals surface area contributed by atoms with Gasteiger partial charge in [-0.1, -0.05) is 55.4 Å². The molecule has 0 unspecified atom stereocenters. The molecule has 0 aliphatic rings. The molecule has 1 aromatic rings. The number of rotatable bonds is 4. The van der Waals surface area contributed by atoms with E-state index in [0.717, 1.165) is 5.69 Å². The van der Waals surface area contributed by atoms with Crippen LogP contribution < -0.4 is 0 Å². The van der Waals surface area contributed by atoms with Gasteiger partial charge >= 0.3 is 0 Å². The lowest BCUT2D eigenvalue weighted by Crippen LogP contribution is -2.11. The van der Waals surface area contributed by atoms with E-state index in [-0.39, 0.29) is 0 Å². The molecule has 0 amide bonds. The Morgan fingerprint density at radius 3 is 1.10 bits per heavy atom. The Balaban J connectivity index is 4.04. The third-order valence-corrected chi connectivity index (χ3v) is 4.32. The Kier molecular flexibility index (Phi) is 5.62. The summed E-state index contributed by atoms with van der Waals surface area (Å²) in [6, 6.07) is 0. The van der Waals surface area contributed by atoms with Crippen molar-refractivity contribution in [2.45, 2.75) is 86.0 Å². The zero-order chi connectivity index (χ0) is 16.5. The highest BCUT2D eigenvalue weighted by atomic mass is 14.7. The van der Waals surface area contributed by atoms with E-state index in [2.05, 4.69) is 67.2 Å². The van der Waals surface area contributed by atoms with Crippen LogP contribution in [0, 0.1) is 13.5 Å². The molecule has 0 heterocycles. The summed E-state index contributed by atoms with van der Waals surface area (Å²) in [5.74, 6) is 1.70. The molecular formula is C20H31N. The molecule has 0 N–H and O–H groups in total. The maximum Gasteiger partial charge on any atom is 0.194 e. The van der Waals surface area contributed by atoms with Crippen LogP contribution in [0.3, 0.4) is 0 Å². The molecule has 116 valence electrons. The molecule has 0 fully saturated rings. The first-order valence-corrected chi connectivity index (χ1v) is 8.22. The molecule has 0 saturated heterocycles. The van der Waals surface area contributed by atoms with Crippen LogP contribution in [-0.2, 0) is 0 Å². The largest absolute Gasteiger partial charge is 0.238 e. The highest BCUT2D eigenvalue weighted by Gasteiger charge is 2.26. The summed E-state index contributed by atoms with van der Waals surface area (Å²) in [7, 11) is 0. The molecule has 1 heteroatoms. The number of benzene rings is 1.